The van der Waals surface area contributed by atoms with Gasteiger partial charge in [0.1, 0.15) is 5.82 Å². The lowest BCUT2D eigenvalue weighted by Gasteiger charge is -2.33. The van der Waals surface area contributed by atoms with E-state index in [1.807, 2.05) is 4.68 Å². The highest BCUT2D eigenvalue weighted by Gasteiger charge is 2.40. The maximum atomic E-state index is 14.0. The van der Waals surface area contributed by atoms with Gasteiger partial charge in [0.15, 0.2) is 0 Å². The summed E-state index contributed by atoms with van der Waals surface area (Å²) in [7, 11) is 0. The Bertz CT molecular complexity index is 1440. The van der Waals surface area contributed by atoms with E-state index in [2.05, 4.69) is 10.4 Å². The van der Waals surface area contributed by atoms with E-state index in [-0.39, 0.29) is 47.6 Å². The van der Waals surface area contributed by atoms with Crippen LogP contribution in [0.2, 0.25) is 0 Å². The minimum absolute atomic E-state index is 0.00894. The molecule has 0 unspecified atom stereocenters. The van der Waals surface area contributed by atoms with Crippen molar-refractivity contribution in [1.29, 1.82) is 0 Å². The van der Waals surface area contributed by atoms with Gasteiger partial charge < -0.3 is 15.1 Å². The van der Waals surface area contributed by atoms with E-state index >= 15 is 0 Å². The molecular weight excluding hydrogens is 538 g/mol. The summed E-state index contributed by atoms with van der Waals surface area (Å²) in [4.78, 5) is 29.7. The van der Waals surface area contributed by atoms with Crippen LogP contribution in [0, 0.1) is 5.82 Å². The number of hydrogen-bond acceptors (Lipinski definition) is 3. The number of anilines is 1. The zero-order valence-corrected chi connectivity index (χ0v) is 22.4. The Labute approximate surface area is 235 Å². The van der Waals surface area contributed by atoms with Crippen molar-refractivity contribution in [3.05, 3.63) is 82.9 Å². The molecule has 3 amide bonds. The largest absolute Gasteiger partial charge is 0.416 e. The number of carbonyl (C=O) groups is 2. The van der Waals surface area contributed by atoms with Crippen molar-refractivity contribution >= 4 is 17.6 Å². The predicted molar refractivity (Wildman–Crippen MR) is 144 cm³/mol. The van der Waals surface area contributed by atoms with Crippen LogP contribution < -0.4 is 5.32 Å². The zero-order valence-electron chi connectivity index (χ0n) is 22.4. The van der Waals surface area contributed by atoms with Gasteiger partial charge in [-0.2, -0.15) is 18.3 Å². The number of piperidine rings is 1. The first-order valence-electron chi connectivity index (χ1n) is 14.0. The van der Waals surface area contributed by atoms with Crippen molar-refractivity contribution in [2.75, 3.05) is 31.5 Å². The highest BCUT2D eigenvalue weighted by atomic mass is 19.4. The summed E-state index contributed by atoms with van der Waals surface area (Å²) < 4.78 is 56.7. The number of urea groups is 1. The molecule has 7 nitrogen and oxygen atoms in total. The first-order valence-corrected chi connectivity index (χ1v) is 14.0. The number of likely N-dealkylation sites (tertiary alicyclic amines) is 2. The Morgan fingerprint density at radius 2 is 1.54 bits per heavy atom. The third kappa shape index (κ3) is 5.54. The molecule has 2 saturated heterocycles. The number of aromatic nitrogens is 2. The van der Waals surface area contributed by atoms with Crippen LogP contribution in [-0.4, -0.2) is 57.7 Å². The Morgan fingerprint density at radius 1 is 0.854 bits per heavy atom. The van der Waals surface area contributed by atoms with Crippen molar-refractivity contribution in [2.45, 2.75) is 56.2 Å². The molecule has 3 fully saturated rings. The molecule has 0 spiro atoms. The topological polar surface area (TPSA) is 70.5 Å². The monoisotopic (exact) mass is 569 g/mol. The van der Waals surface area contributed by atoms with Gasteiger partial charge in [0.25, 0.3) is 5.91 Å². The summed E-state index contributed by atoms with van der Waals surface area (Å²) in [5, 5.41) is 7.25. The third-order valence-electron chi connectivity index (χ3n) is 8.42. The quantitative estimate of drug-likeness (QED) is 0.361. The maximum Gasteiger partial charge on any atom is 0.416 e. The highest BCUT2D eigenvalue weighted by Crippen LogP contribution is 2.44. The van der Waals surface area contributed by atoms with E-state index in [4.69, 9.17) is 0 Å². The molecule has 1 N–H and O–H groups in total. The van der Waals surface area contributed by atoms with Gasteiger partial charge in [0, 0.05) is 38.0 Å². The second kappa shape index (κ2) is 10.8. The fourth-order valence-electron chi connectivity index (χ4n) is 6.14. The molecule has 2 aliphatic heterocycles. The van der Waals surface area contributed by atoms with E-state index in [0.717, 1.165) is 24.6 Å². The van der Waals surface area contributed by atoms with Crippen LogP contribution in [0.1, 0.15) is 77.2 Å². The lowest BCUT2D eigenvalue weighted by Crippen LogP contribution is -2.42. The molecule has 216 valence electrons. The molecule has 6 rings (SSSR count). The Hall–Kier alpha value is -3.89. The molecule has 3 heterocycles. The van der Waals surface area contributed by atoms with Gasteiger partial charge in [-0.05, 0) is 55.9 Å². The number of nitrogens with one attached hydrogen (secondary N) is 1. The molecule has 3 aliphatic rings. The minimum atomic E-state index is -4.44. The standard InChI is InChI=1S/C30H31F4N5O2/c31-25-7-3-4-8-26(25)36-29(41)37-15-12-21(13-16-37)39-27(19-9-10-19)23(17-35-39)28(40)38-14-11-20(18-38)22-5-1-2-6-24(22)30(32,33)34/h1-8,17,19-21H,9-16,18H2,(H,36,41)/t20-/m1/s1. The van der Waals surface area contributed by atoms with Crippen LogP contribution in [0.3, 0.4) is 0 Å². The van der Waals surface area contributed by atoms with Crippen LogP contribution in [0.5, 0.6) is 0 Å². The van der Waals surface area contributed by atoms with E-state index in [1.54, 1.807) is 34.2 Å². The number of amides is 3. The molecule has 1 atom stereocenters. The number of halogens is 4. The molecule has 1 saturated carbocycles. The van der Waals surface area contributed by atoms with Gasteiger partial charge in [-0.1, -0.05) is 30.3 Å². The number of para-hydroxylation sites is 1. The molecular formula is C30H31F4N5O2. The second-order valence-electron chi connectivity index (χ2n) is 11.1. The van der Waals surface area contributed by atoms with Crippen molar-refractivity contribution in [3.63, 3.8) is 0 Å². The molecule has 41 heavy (non-hydrogen) atoms. The molecule has 3 aromatic rings. The molecule has 0 bridgehead atoms. The minimum Gasteiger partial charge on any atom is -0.338 e. The fraction of sp³-hybridized carbons (Fsp3) is 0.433. The van der Waals surface area contributed by atoms with E-state index < -0.39 is 17.6 Å². The smallest absolute Gasteiger partial charge is 0.338 e. The van der Waals surface area contributed by atoms with E-state index in [1.165, 1.54) is 24.3 Å². The summed E-state index contributed by atoms with van der Waals surface area (Å²) in [6.07, 6.45) is 0.819. The van der Waals surface area contributed by atoms with Crippen molar-refractivity contribution in [2.24, 2.45) is 0 Å². The summed E-state index contributed by atoms with van der Waals surface area (Å²) in [6, 6.07) is 11.3. The second-order valence-corrected chi connectivity index (χ2v) is 11.1. The molecule has 11 heteroatoms. The zero-order chi connectivity index (χ0) is 28.7. The lowest BCUT2D eigenvalue weighted by atomic mass is 9.93. The lowest BCUT2D eigenvalue weighted by molar-refractivity contribution is -0.138. The molecule has 1 aromatic heterocycles. The normalized spacial score (nSPS) is 20.0. The van der Waals surface area contributed by atoms with Gasteiger partial charge in [-0.15, -0.1) is 0 Å². The Morgan fingerprint density at radius 3 is 2.24 bits per heavy atom. The van der Waals surface area contributed by atoms with E-state index in [0.29, 0.717) is 44.5 Å². The Balaban J connectivity index is 1.13. The van der Waals surface area contributed by atoms with Gasteiger partial charge in [-0.3, -0.25) is 9.48 Å². The van der Waals surface area contributed by atoms with Gasteiger partial charge >= 0.3 is 12.2 Å². The average molecular weight is 570 g/mol. The maximum absolute atomic E-state index is 14.0. The molecule has 1 aliphatic carbocycles. The van der Waals surface area contributed by atoms with Crippen molar-refractivity contribution in [1.82, 2.24) is 19.6 Å². The van der Waals surface area contributed by atoms with Crippen LogP contribution in [0.4, 0.5) is 28.0 Å². The Kier molecular flexibility index (Phi) is 7.21. The number of alkyl halides is 3. The summed E-state index contributed by atoms with van der Waals surface area (Å²) in [6.45, 7) is 1.55. The van der Waals surface area contributed by atoms with Crippen LogP contribution >= 0.6 is 0 Å². The number of benzene rings is 2. The van der Waals surface area contributed by atoms with Gasteiger partial charge in [0.05, 0.1) is 34.7 Å². The number of carbonyl (C=O) groups excluding carboxylic acids is 2. The summed E-state index contributed by atoms with van der Waals surface area (Å²) >= 11 is 0. The SMILES string of the molecule is O=C(Nc1ccccc1F)N1CCC(n2ncc(C(=O)N3CC[C@@H](c4ccccc4C(F)(F)F)C3)c2C2CC2)CC1. The van der Waals surface area contributed by atoms with Gasteiger partial charge in [-0.25, -0.2) is 9.18 Å². The van der Waals surface area contributed by atoms with E-state index in [9.17, 15) is 27.2 Å². The average Bonchev–Trinajstić information content (AvgIpc) is 3.51. The summed E-state index contributed by atoms with van der Waals surface area (Å²) in [5.74, 6) is -0.835. The fourth-order valence-corrected chi connectivity index (χ4v) is 6.14. The summed E-state index contributed by atoms with van der Waals surface area (Å²) in [5.41, 5.74) is 1.15. The number of nitrogens with zero attached hydrogens (tertiary/aromatic N) is 4. The predicted octanol–water partition coefficient (Wildman–Crippen LogP) is 6.42. The molecule has 0 radical (unpaired) electrons. The van der Waals surface area contributed by atoms with Crippen molar-refractivity contribution in [3.8, 4) is 0 Å². The highest BCUT2D eigenvalue weighted by molar-refractivity contribution is 5.95. The van der Waals surface area contributed by atoms with Gasteiger partial charge in [0.2, 0.25) is 0 Å². The third-order valence-corrected chi connectivity index (χ3v) is 8.42. The first kappa shape index (κ1) is 27.3. The number of hydrogen-bond donors (Lipinski definition) is 1. The number of rotatable bonds is 5. The van der Waals surface area contributed by atoms with Crippen LogP contribution in [0.25, 0.3) is 0 Å². The first-order chi connectivity index (χ1) is 19.7. The van der Waals surface area contributed by atoms with Crippen molar-refractivity contribution < 1.29 is 27.2 Å². The molecule has 2 aromatic carbocycles. The van der Waals surface area contributed by atoms with Crippen LogP contribution in [0.15, 0.2) is 54.7 Å². The van der Waals surface area contributed by atoms with Crippen LogP contribution in [-0.2, 0) is 6.18 Å².